The van der Waals surface area contributed by atoms with Gasteiger partial charge in [-0.15, -0.1) is 0 Å². The fourth-order valence-corrected chi connectivity index (χ4v) is 4.13. The molecule has 4 rings (SSSR count). The topological polar surface area (TPSA) is 119 Å². The second-order valence-corrected chi connectivity index (χ2v) is 8.08. The van der Waals surface area contributed by atoms with Crippen LogP contribution in [-0.2, 0) is 5.60 Å². The predicted molar refractivity (Wildman–Crippen MR) is 114 cm³/mol. The van der Waals surface area contributed by atoms with Gasteiger partial charge >= 0.3 is 6.18 Å². The van der Waals surface area contributed by atoms with Crippen molar-refractivity contribution in [3.05, 3.63) is 48.5 Å². The van der Waals surface area contributed by atoms with E-state index < -0.39 is 17.7 Å². The van der Waals surface area contributed by atoms with Gasteiger partial charge in [0, 0.05) is 41.2 Å². The zero-order valence-electron chi connectivity index (χ0n) is 17.4. The number of anilines is 2. The predicted octanol–water partition coefficient (Wildman–Crippen LogP) is 2.59. The number of aliphatic hydroxyl groups is 1. The maximum Gasteiger partial charge on any atom is 0.421 e. The molecule has 0 spiro atoms. The first-order valence-corrected chi connectivity index (χ1v) is 10.1. The fourth-order valence-electron chi connectivity index (χ4n) is 4.13. The molecule has 5 N–H and O–H groups in total. The van der Waals surface area contributed by atoms with E-state index in [-0.39, 0.29) is 24.2 Å². The van der Waals surface area contributed by atoms with Crippen molar-refractivity contribution in [2.24, 2.45) is 5.92 Å². The summed E-state index contributed by atoms with van der Waals surface area (Å²) in [6, 6.07) is 4.35. The Hall–Kier alpha value is -3.18. The van der Waals surface area contributed by atoms with Crippen LogP contribution in [0.3, 0.4) is 0 Å². The van der Waals surface area contributed by atoms with Crippen LogP contribution in [0.15, 0.2) is 43.0 Å². The lowest BCUT2D eigenvalue weighted by Gasteiger charge is -2.41. The van der Waals surface area contributed by atoms with Crippen molar-refractivity contribution in [3.63, 3.8) is 0 Å². The molecule has 3 aromatic heterocycles. The van der Waals surface area contributed by atoms with E-state index in [1.807, 2.05) is 11.9 Å². The molecule has 1 aliphatic rings. The molecule has 4 heterocycles. The molecule has 32 heavy (non-hydrogen) atoms. The number of piperidine rings is 1. The van der Waals surface area contributed by atoms with Crippen LogP contribution in [-0.4, -0.2) is 56.1 Å². The van der Waals surface area contributed by atoms with E-state index in [1.54, 1.807) is 18.5 Å². The zero-order valence-corrected chi connectivity index (χ0v) is 17.4. The van der Waals surface area contributed by atoms with Gasteiger partial charge in [-0.3, -0.25) is 0 Å². The van der Waals surface area contributed by atoms with Crippen molar-refractivity contribution in [1.29, 1.82) is 0 Å². The lowest BCUT2D eigenvalue weighted by atomic mass is 9.76. The summed E-state index contributed by atoms with van der Waals surface area (Å²) >= 11 is 0. The lowest BCUT2D eigenvalue weighted by Crippen LogP contribution is -2.51. The number of nitrogens with two attached hydrogens (primary N) is 2. The summed E-state index contributed by atoms with van der Waals surface area (Å²) in [7, 11) is 1.85. The molecule has 0 saturated carbocycles. The molecule has 170 valence electrons. The summed E-state index contributed by atoms with van der Waals surface area (Å²) in [6.45, 7) is 0.987. The quantitative estimate of drug-likeness (QED) is 0.562. The Kier molecular flexibility index (Phi) is 5.55. The standard InChI is InChI=1S/C21H24F3N7O/c1-30-8-5-14(6-9-30)20(32,21(22,23)24)15-2-3-17(28-11-15)31-12-13(10-29-31)16-4-7-27-19(26)18(16)25/h2-4,7,10-12,14,32H,5-6,8-9,25H2,1H3,(H2,26,27). The first kappa shape index (κ1) is 22.0. The van der Waals surface area contributed by atoms with Gasteiger partial charge in [0.15, 0.2) is 11.4 Å². The van der Waals surface area contributed by atoms with Gasteiger partial charge in [-0.05, 0) is 45.1 Å². The molecule has 1 atom stereocenters. The first-order chi connectivity index (χ1) is 15.1. The lowest BCUT2D eigenvalue weighted by molar-refractivity contribution is -0.291. The number of nitrogens with zero attached hydrogens (tertiary/aromatic N) is 5. The average molecular weight is 447 g/mol. The van der Waals surface area contributed by atoms with Crippen LogP contribution in [0.5, 0.6) is 0 Å². The van der Waals surface area contributed by atoms with Gasteiger partial charge in [0.05, 0.1) is 11.9 Å². The highest BCUT2D eigenvalue weighted by atomic mass is 19.4. The summed E-state index contributed by atoms with van der Waals surface area (Å²) in [5, 5.41) is 15.1. The number of rotatable bonds is 4. The third-order valence-corrected chi connectivity index (χ3v) is 6.08. The number of nitrogen functional groups attached to an aromatic ring is 2. The smallest absolute Gasteiger partial charge is 0.395 e. The summed E-state index contributed by atoms with van der Waals surface area (Å²) in [5.74, 6) is -0.450. The molecular formula is C21H24F3N7O. The molecule has 1 aliphatic heterocycles. The Morgan fingerprint density at radius 3 is 2.41 bits per heavy atom. The third-order valence-electron chi connectivity index (χ3n) is 6.08. The summed E-state index contributed by atoms with van der Waals surface area (Å²) in [5.41, 5.74) is 10.1. The SMILES string of the molecule is CN1CCC(C(O)(c2ccc(-n3cc(-c4ccnc(N)c4N)cn3)nc2)C(F)(F)F)CC1. The van der Waals surface area contributed by atoms with E-state index in [0.717, 1.165) is 6.20 Å². The van der Waals surface area contributed by atoms with Gasteiger partial charge in [0.2, 0.25) is 0 Å². The van der Waals surface area contributed by atoms with E-state index in [1.165, 1.54) is 23.0 Å². The summed E-state index contributed by atoms with van der Waals surface area (Å²) in [6.07, 6.45) is 1.44. The molecular weight excluding hydrogens is 423 g/mol. The van der Waals surface area contributed by atoms with Crippen molar-refractivity contribution in [2.75, 3.05) is 31.6 Å². The molecule has 0 amide bonds. The molecule has 11 heteroatoms. The number of halogens is 3. The summed E-state index contributed by atoms with van der Waals surface area (Å²) in [4.78, 5) is 10.0. The van der Waals surface area contributed by atoms with E-state index in [2.05, 4.69) is 15.1 Å². The maximum atomic E-state index is 14.0. The van der Waals surface area contributed by atoms with Gasteiger partial charge in [-0.2, -0.15) is 18.3 Å². The van der Waals surface area contributed by atoms with Gasteiger partial charge in [0.1, 0.15) is 5.82 Å². The molecule has 1 unspecified atom stereocenters. The Bertz CT molecular complexity index is 1090. The van der Waals surface area contributed by atoms with E-state index in [0.29, 0.717) is 35.7 Å². The number of aromatic nitrogens is 4. The minimum absolute atomic E-state index is 0.193. The normalized spacial score (nSPS) is 17.9. The number of alkyl halides is 3. The molecule has 3 aromatic rings. The van der Waals surface area contributed by atoms with E-state index in [4.69, 9.17) is 11.5 Å². The monoisotopic (exact) mass is 447 g/mol. The van der Waals surface area contributed by atoms with Crippen LogP contribution in [0.1, 0.15) is 18.4 Å². The fraction of sp³-hybridized carbons (Fsp3) is 0.381. The molecule has 0 aromatic carbocycles. The Morgan fingerprint density at radius 2 is 1.78 bits per heavy atom. The van der Waals surface area contributed by atoms with Crippen molar-refractivity contribution < 1.29 is 18.3 Å². The van der Waals surface area contributed by atoms with Gasteiger partial charge in [-0.1, -0.05) is 6.07 Å². The van der Waals surface area contributed by atoms with Gasteiger partial charge in [0.25, 0.3) is 0 Å². The highest BCUT2D eigenvalue weighted by Gasteiger charge is 2.59. The number of hydrogen-bond donors (Lipinski definition) is 3. The molecule has 0 bridgehead atoms. The molecule has 1 fully saturated rings. The number of hydrogen-bond acceptors (Lipinski definition) is 7. The number of pyridine rings is 2. The van der Waals surface area contributed by atoms with Crippen LogP contribution < -0.4 is 11.5 Å². The molecule has 1 saturated heterocycles. The molecule has 8 nitrogen and oxygen atoms in total. The first-order valence-electron chi connectivity index (χ1n) is 10.1. The Morgan fingerprint density at radius 1 is 1.06 bits per heavy atom. The van der Waals surface area contributed by atoms with Crippen LogP contribution in [0.4, 0.5) is 24.7 Å². The summed E-state index contributed by atoms with van der Waals surface area (Å²) < 4.78 is 43.5. The van der Waals surface area contributed by atoms with Crippen molar-refractivity contribution >= 4 is 11.5 Å². The largest absolute Gasteiger partial charge is 0.421 e. The third kappa shape index (κ3) is 3.78. The van der Waals surface area contributed by atoms with E-state index >= 15 is 0 Å². The number of likely N-dealkylation sites (tertiary alicyclic amines) is 1. The van der Waals surface area contributed by atoms with Crippen molar-refractivity contribution in [3.8, 4) is 16.9 Å². The Balaban J connectivity index is 1.64. The van der Waals surface area contributed by atoms with Crippen LogP contribution in [0.25, 0.3) is 16.9 Å². The van der Waals surface area contributed by atoms with Crippen molar-refractivity contribution in [2.45, 2.75) is 24.6 Å². The maximum absolute atomic E-state index is 14.0. The molecule has 0 aliphatic carbocycles. The van der Waals surface area contributed by atoms with Gasteiger partial charge < -0.3 is 21.5 Å². The van der Waals surface area contributed by atoms with E-state index in [9.17, 15) is 18.3 Å². The minimum Gasteiger partial charge on any atom is -0.395 e. The second-order valence-electron chi connectivity index (χ2n) is 8.08. The van der Waals surface area contributed by atoms with Crippen LogP contribution >= 0.6 is 0 Å². The van der Waals surface area contributed by atoms with Crippen LogP contribution in [0, 0.1) is 5.92 Å². The Labute approximate surface area is 182 Å². The van der Waals surface area contributed by atoms with Gasteiger partial charge in [-0.25, -0.2) is 14.6 Å². The average Bonchev–Trinajstić information content (AvgIpc) is 3.25. The second kappa shape index (κ2) is 8.06. The zero-order chi connectivity index (χ0) is 23.1. The highest BCUT2D eigenvalue weighted by molar-refractivity contribution is 5.81. The van der Waals surface area contributed by atoms with Crippen molar-refractivity contribution in [1.82, 2.24) is 24.6 Å². The minimum atomic E-state index is -4.82. The highest BCUT2D eigenvalue weighted by Crippen LogP contribution is 2.47. The van der Waals surface area contributed by atoms with Crippen LogP contribution in [0.2, 0.25) is 0 Å². The molecule has 0 radical (unpaired) electrons.